The maximum atomic E-state index is 11.3. The highest BCUT2D eigenvalue weighted by atomic mass is 35.5. The maximum absolute atomic E-state index is 11.3. The third-order valence-electron chi connectivity index (χ3n) is 4.83. The Hall–Kier alpha value is -2.86. The molecular weight excluding hydrogens is 368 g/mol. The quantitative estimate of drug-likeness (QED) is 0.824. The number of nitrogens with one attached hydrogen (secondary N) is 1. The number of benzene rings is 2. The second-order valence-electron chi connectivity index (χ2n) is 6.61. The number of nitrogens with zero attached hydrogens (tertiary/aromatic N) is 1. The summed E-state index contributed by atoms with van der Waals surface area (Å²) >= 11 is 6.24. The molecule has 2 aliphatic heterocycles. The Morgan fingerprint density at radius 1 is 1.30 bits per heavy atom. The second kappa shape index (κ2) is 6.70. The van der Waals surface area contributed by atoms with Crippen LogP contribution in [0.2, 0.25) is 5.02 Å². The number of fused-ring (bicyclic) bond motifs is 2. The van der Waals surface area contributed by atoms with Crippen LogP contribution in [0.5, 0.6) is 11.5 Å². The Labute approximate surface area is 162 Å². The van der Waals surface area contributed by atoms with Crippen LogP contribution in [-0.4, -0.2) is 23.3 Å². The molecule has 4 rings (SSSR count). The van der Waals surface area contributed by atoms with E-state index in [4.69, 9.17) is 21.1 Å². The van der Waals surface area contributed by atoms with Crippen LogP contribution in [0, 0.1) is 0 Å². The molecule has 6 nitrogen and oxygen atoms in total. The Morgan fingerprint density at radius 3 is 2.85 bits per heavy atom. The van der Waals surface area contributed by atoms with E-state index < -0.39 is 11.7 Å². The predicted octanol–water partition coefficient (Wildman–Crippen LogP) is 4.10. The average Bonchev–Trinajstić information content (AvgIpc) is 3.02. The van der Waals surface area contributed by atoms with Gasteiger partial charge in [0.1, 0.15) is 12.0 Å². The van der Waals surface area contributed by atoms with E-state index in [1.54, 1.807) is 6.07 Å². The summed E-state index contributed by atoms with van der Waals surface area (Å²) in [5, 5.41) is 12.9. The van der Waals surface area contributed by atoms with E-state index in [0.717, 1.165) is 17.0 Å². The molecule has 140 valence electrons. The smallest absolute Gasteiger partial charge is 0.355 e. The van der Waals surface area contributed by atoms with Gasteiger partial charge >= 0.3 is 5.97 Å². The molecule has 0 spiro atoms. The monoisotopic (exact) mass is 386 g/mol. The highest BCUT2D eigenvalue weighted by Gasteiger charge is 2.39. The van der Waals surface area contributed by atoms with Gasteiger partial charge in [-0.1, -0.05) is 36.7 Å². The lowest BCUT2D eigenvalue weighted by molar-refractivity contribution is -0.133. The van der Waals surface area contributed by atoms with Gasteiger partial charge in [-0.3, -0.25) is 0 Å². The number of aliphatic carboxylic acids is 1. The van der Waals surface area contributed by atoms with Crippen molar-refractivity contribution < 1.29 is 19.4 Å². The highest BCUT2D eigenvalue weighted by Crippen LogP contribution is 2.41. The van der Waals surface area contributed by atoms with Crippen LogP contribution in [0.25, 0.3) is 0 Å². The molecule has 0 radical (unpaired) electrons. The van der Waals surface area contributed by atoms with Gasteiger partial charge < -0.3 is 24.8 Å². The summed E-state index contributed by atoms with van der Waals surface area (Å²) in [5.74, 6) is 0.442. The van der Waals surface area contributed by atoms with Gasteiger partial charge in [0.15, 0.2) is 17.2 Å². The predicted molar refractivity (Wildman–Crippen MR) is 102 cm³/mol. The Kier molecular flexibility index (Phi) is 4.36. The zero-order valence-corrected chi connectivity index (χ0v) is 15.5. The molecule has 2 aromatic carbocycles. The molecule has 1 unspecified atom stereocenters. The van der Waals surface area contributed by atoms with Crippen molar-refractivity contribution >= 4 is 23.3 Å². The molecule has 2 aromatic rings. The third-order valence-corrected chi connectivity index (χ3v) is 5.06. The van der Waals surface area contributed by atoms with Crippen molar-refractivity contribution in [2.75, 3.05) is 11.4 Å². The van der Waals surface area contributed by atoms with Gasteiger partial charge in [-0.05, 0) is 24.3 Å². The van der Waals surface area contributed by atoms with E-state index in [0.29, 0.717) is 30.3 Å². The SMILES string of the molecule is CCC1(CN2Cc3ccccc3Oc3ccc(Cl)cc32)NC(C(=O)O)=CO1. The van der Waals surface area contributed by atoms with Gasteiger partial charge in [0, 0.05) is 23.6 Å². The molecule has 0 aromatic heterocycles. The van der Waals surface area contributed by atoms with Crippen LogP contribution in [0.1, 0.15) is 18.9 Å². The largest absolute Gasteiger partial charge is 0.476 e. The van der Waals surface area contributed by atoms with Crippen LogP contribution in [0.15, 0.2) is 54.4 Å². The number of rotatable bonds is 4. The highest BCUT2D eigenvalue weighted by molar-refractivity contribution is 6.31. The minimum Gasteiger partial charge on any atom is -0.476 e. The number of anilines is 1. The lowest BCUT2D eigenvalue weighted by atomic mass is 10.1. The minimum absolute atomic E-state index is 0.0506. The molecule has 0 fully saturated rings. The zero-order valence-electron chi connectivity index (χ0n) is 14.7. The van der Waals surface area contributed by atoms with Gasteiger partial charge in [0.25, 0.3) is 0 Å². The van der Waals surface area contributed by atoms with Gasteiger partial charge in [0.05, 0.1) is 12.2 Å². The number of ether oxygens (including phenoxy) is 2. The first-order chi connectivity index (χ1) is 13.0. The molecule has 0 bridgehead atoms. The molecule has 0 amide bonds. The molecule has 27 heavy (non-hydrogen) atoms. The summed E-state index contributed by atoms with van der Waals surface area (Å²) in [7, 11) is 0. The van der Waals surface area contributed by atoms with Crippen LogP contribution in [-0.2, 0) is 16.1 Å². The van der Waals surface area contributed by atoms with E-state index >= 15 is 0 Å². The van der Waals surface area contributed by atoms with Crippen LogP contribution < -0.4 is 15.0 Å². The van der Waals surface area contributed by atoms with Gasteiger partial charge in [-0.15, -0.1) is 0 Å². The molecule has 2 N–H and O–H groups in total. The van der Waals surface area contributed by atoms with Crippen molar-refractivity contribution in [3.8, 4) is 11.5 Å². The van der Waals surface area contributed by atoms with E-state index in [1.807, 2.05) is 43.3 Å². The number of carboxylic acids is 1. The van der Waals surface area contributed by atoms with Crippen molar-refractivity contribution in [2.24, 2.45) is 0 Å². The summed E-state index contributed by atoms with van der Waals surface area (Å²) in [6.45, 7) is 2.95. The summed E-state index contributed by atoms with van der Waals surface area (Å²) < 4.78 is 11.9. The summed E-state index contributed by atoms with van der Waals surface area (Å²) in [6.07, 6.45) is 1.85. The summed E-state index contributed by atoms with van der Waals surface area (Å²) in [6, 6.07) is 13.3. The number of hydrogen-bond acceptors (Lipinski definition) is 5. The molecule has 2 aliphatic rings. The van der Waals surface area contributed by atoms with Gasteiger partial charge in [-0.25, -0.2) is 4.79 Å². The average molecular weight is 387 g/mol. The van der Waals surface area contributed by atoms with E-state index in [1.165, 1.54) is 6.26 Å². The zero-order chi connectivity index (χ0) is 19.0. The fourth-order valence-electron chi connectivity index (χ4n) is 3.36. The fraction of sp³-hybridized carbons (Fsp3) is 0.250. The molecule has 0 saturated heterocycles. The number of para-hydroxylation sites is 1. The van der Waals surface area contributed by atoms with Crippen LogP contribution >= 0.6 is 11.6 Å². The molecule has 0 aliphatic carbocycles. The van der Waals surface area contributed by atoms with Crippen LogP contribution in [0.3, 0.4) is 0 Å². The summed E-state index contributed by atoms with van der Waals surface area (Å²) in [4.78, 5) is 13.4. The Bertz CT molecular complexity index is 930. The number of carboxylic acid groups (broad SMARTS) is 1. The maximum Gasteiger partial charge on any atom is 0.355 e. The van der Waals surface area contributed by atoms with Gasteiger partial charge in [-0.2, -0.15) is 0 Å². The first-order valence-electron chi connectivity index (χ1n) is 8.69. The first-order valence-corrected chi connectivity index (χ1v) is 9.07. The Balaban J connectivity index is 1.71. The van der Waals surface area contributed by atoms with E-state index in [2.05, 4.69) is 10.2 Å². The fourth-order valence-corrected chi connectivity index (χ4v) is 3.52. The minimum atomic E-state index is -1.04. The summed E-state index contributed by atoms with van der Waals surface area (Å²) in [5.41, 5.74) is 1.07. The number of hydrogen-bond donors (Lipinski definition) is 2. The molecular formula is C20H19ClN2O4. The van der Waals surface area contributed by atoms with E-state index in [9.17, 15) is 9.90 Å². The van der Waals surface area contributed by atoms with Crippen molar-refractivity contribution in [1.29, 1.82) is 0 Å². The second-order valence-corrected chi connectivity index (χ2v) is 7.04. The normalized spacial score (nSPS) is 20.4. The van der Waals surface area contributed by atoms with E-state index in [-0.39, 0.29) is 5.70 Å². The third kappa shape index (κ3) is 3.28. The molecule has 7 heteroatoms. The topological polar surface area (TPSA) is 71.0 Å². The Morgan fingerprint density at radius 2 is 2.11 bits per heavy atom. The lowest BCUT2D eigenvalue weighted by Gasteiger charge is -2.35. The first kappa shape index (κ1) is 17.5. The standard InChI is InChI=1S/C20H19ClN2O4/c1-2-20(22-15(11-26-20)19(24)25)12-23-10-13-5-3-4-6-17(13)27-18-8-7-14(21)9-16(18)23/h3-9,11,22H,2,10,12H2,1H3,(H,24,25). The van der Waals surface area contributed by atoms with Crippen molar-refractivity contribution in [3.63, 3.8) is 0 Å². The number of carbonyl (C=O) groups is 1. The van der Waals surface area contributed by atoms with Crippen molar-refractivity contribution in [3.05, 3.63) is 65.0 Å². The number of halogens is 1. The van der Waals surface area contributed by atoms with Crippen LogP contribution in [0.4, 0.5) is 5.69 Å². The molecule has 1 atom stereocenters. The van der Waals surface area contributed by atoms with Gasteiger partial charge in [0.2, 0.25) is 0 Å². The lowest BCUT2D eigenvalue weighted by Crippen LogP contribution is -2.51. The molecule has 2 heterocycles. The van der Waals surface area contributed by atoms with Crippen molar-refractivity contribution in [1.82, 2.24) is 5.32 Å². The van der Waals surface area contributed by atoms with Crippen molar-refractivity contribution in [2.45, 2.75) is 25.6 Å². The molecule has 0 saturated carbocycles.